The Morgan fingerprint density at radius 1 is 1.40 bits per heavy atom. The molecule has 3 nitrogen and oxygen atoms in total. The van der Waals surface area contributed by atoms with Gasteiger partial charge in [0.15, 0.2) is 17.1 Å². The molecule has 3 heteroatoms. The van der Waals surface area contributed by atoms with Gasteiger partial charge in [-0.2, -0.15) is 0 Å². The van der Waals surface area contributed by atoms with E-state index in [4.69, 9.17) is 5.73 Å². The van der Waals surface area contributed by atoms with Crippen LogP contribution >= 0.6 is 0 Å². The van der Waals surface area contributed by atoms with Crippen molar-refractivity contribution >= 4 is 11.6 Å². The van der Waals surface area contributed by atoms with Gasteiger partial charge in [0.1, 0.15) is 0 Å². The van der Waals surface area contributed by atoms with Crippen LogP contribution in [0.3, 0.4) is 0 Å². The van der Waals surface area contributed by atoms with Gasteiger partial charge < -0.3 is 5.73 Å². The number of hydrogen-bond acceptors (Lipinski definition) is 3. The van der Waals surface area contributed by atoms with Crippen LogP contribution in [0.25, 0.3) is 0 Å². The van der Waals surface area contributed by atoms with E-state index in [9.17, 15) is 9.59 Å². The van der Waals surface area contributed by atoms with Crippen LogP contribution in [0.2, 0.25) is 0 Å². The van der Waals surface area contributed by atoms with Gasteiger partial charge in [0, 0.05) is 0 Å². The van der Waals surface area contributed by atoms with Gasteiger partial charge in [-0.3, -0.25) is 9.59 Å². The van der Waals surface area contributed by atoms with Crippen molar-refractivity contribution in [1.29, 1.82) is 0 Å². The number of Topliss-reactive ketones (excluding diaryl/α,β-unsaturated/α-hetero) is 2. The molecule has 0 aromatic rings. The average molecular weight is 141 g/mol. The topological polar surface area (TPSA) is 60.2 Å². The van der Waals surface area contributed by atoms with Gasteiger partial charge in [0.05, 0.1) is 0 Å². The molecule has 0 aliphatic heterocycles. The van der Waals surface area contributed by atoms with E-state index in [0.717, 1.165) is 6.08 Å². The highest BCUT2D eigenvalue weighted by Crippen LogP contribution is 2.04. The van der Waals surface area contributed by atoms with Crippen LogP contribution in [-0.2, 0) is 9.59 Å². The second kappa shape index (κ2) is 2.75. The van der Waals surface area contributed by atoms with Crippen molar-refractivity contribution in [3.8, 4) is 0 Å². The smallest absolute Gasteiger partial charge is 0.161 e. The van der Waals surface area contributed by atoms with Gasteiger partial charge in [0.25, 0.3) is 0 Å². The molecule has 0 saturated carbocycles. The fourth-order valence-electron chi connectivity index (χ4n) is 0.535. The Bertz CT molecular complexity index is 170. The number of nitrogens with two attached hydrogens (primary N) is 1. The third-order valence-electron chi connectivity index (χ3n) is 1.49. The second-order valence-electron chi connectivity index (χ2n) is 2.19. The highest BCUT2D eigenvalue weighted by molar-refractivity contribution is 6.11. The maximum atomic E-state index is 10.7. The first-order chi connectivity index (χ1) is 4.45. The number of rotatable bonds is 3. The first-order valence-corrected chi connectivity index (χ1v) is 2.89. The minimum Gasteiger partial charge on any atom is -0.310 e. The summed E-state index contributed by atoms with van der Waals surface area (Å²) < 4.78 is 0. The average Bonchev–Trinajstić information content (AvgIpc) is 1.85. The summed E-state index contributed by atoms with van der Waals surface area (Å²) in [5, 5.41) is 0. The molecule has 0 radical (unpaired) electrons. The fraction of sp³-hybridized carbons (Fsp3) is 0.429. The third kappa shape index (κ3) is 1.30. The van der Waals surface area contributed by atoms with Gasteiger partial charge in [-0.05, 0) is 13.8 Å². The first-order valence-electron chi connectivity index (χ1n) is 2.89. The zero-order valence-corrected chi connectivity index (χ0v) is 6.18. The van der Waals surface area contributed by atoms with Crippen molar-refractivity contribution in [2.24, 2.45) is 5.73 Å². The summed E-state index contributed by atoms with van der Waals surface area (Å²) in [6, 6.07) is 0. The van der Waals surface area contributed by atoms with E-state index in [1.54, 1.807) is 0 Å². The second-order valence-corrected chi connectivity index (χ2v) is 2.19. The van der Waals surface area contributed by atoms with Crippen LogP contribution in [0, 0.1) is 0 Å². The van der Waals surface area contributed by atoms with Crippen LogP contribution in [0.4, 0.5) is 0 Å². The molecule has 0 aromatic carbocycles. The maximum absolute atomic E-state index is 10.7. The van der Waals surface area contributed by atoms with E-state index in [2.05, 4.69) is 6.58 Å². The van der Waals surface area contributed by atoms with Crippen molar-refractivity contribution in [2.45, 2.75) is 19.4 Å². The standard InChI is InChI=1S/C7H11NO2/c1-4-7(8,5(2)9)6(3)10/h4H,1,8H2,2-3H3. The van der Waals surface area contributed by atoms with E-state index in [0.29, 0.717) is 0 Å². The first kappa shape index (κ1) is 9.04. The minimum atomic E-state index is -1.47. The van der Waals surface area contributed by atoms with Crippen LogP contribution < -0.4 is 5.73 Å². The van der Waals surface area contributed by atoms with E-state index in [-0.39, 0.29) is 11.6 Å². The molecule has 0 bridgehead atoms. The maximum Gasteiger partial charge on any atom is 0.161 e. The zero-order valence-electron chi connectivity index (χ0n) is 6.18. The largest absolute Gasteiger partial charge is 0.310 e. The highest BCUT2D eigenvalue weighted by Gasteiger charge is 2.31. The summed E-state index contributed by atoms with van der Waals surface area (Å²) in [6.07, 6.45) is 1.16. The molecule has 0 unspecified atom stereocenters. The lowest BCUT2D eigenvalue weighted by atomic mass is 9.92. The number of hydrogen-bond donors (Lipinski definition) is 1. The van der Waals surface area contributed by atoms with E-state index in [1.807, 2.05) is 0 Å². The molecular formula is C7H11NO2. The molecule has 0 fully saturated rings. The molecule has 10 heavy (non-hydrogen) atoms. The molecule has 0 amide bonds. The van der Waals surface area contributed by atoms with E-state index >= 15 is 0 Å². The van der Waals surface area contributed by atoms with Crippen molar-refractivity contribution in [3.63, 3.8) is 0 Å². The molecule has 0 aliphatic rings. The van der Waals surface area contributed by atoms with Gasteiger partial charge in [-0.25, -0.2) is 0 Å². The molecular weight excluding hydrogens is 130 g/mol. The van der Waals surface area contributed by atoms with Gasteiger partial charge in [0.2, 0.25) is 0 Å². The SMILES string of the molecule is C=CC(N)(C(C)=O)C(C)=O. The number of carbonyl (C=O) groups excluding carboxylic acids is 2. The summed E-state index contributed by atoms with van der Waals surface area (Å²) in [6.45, 7) is 5.84. The summed E-state index contributed by atoms with van der Waals surface area (Å²) in [4.78, 5) is 21.4. The third-order valence-corrected chi connectivity index (χ3v) is 1.49. The number of carbonyl (C=O) groups is 2. The molecule has 56 valence electrons. The Hall–Kier alpha value is -0.960. The fourth-order valence-corrected chi connectivity index (χ4v) is 0.535. The summed E-state index contributed by atoms with van der Waals surface area (Å²) in [5.74, 6) is -0.759. The van der Waals surface area contributed by atoms with Crippen LogP contribution in [0.15, 0.2) is 12.7 Å². The lowest BCUT2D eigenvalue weighted by molar-refractivity contribution is -0.129. The Morgan fingerprint density at radius 3 is 1.70 bits per heavy atom. The minimum absolute atomic E-state index is 0.380. The Morgan fingerprint density at radius 2 is 1.70 bits per heavy atom. The van der Waals surface area contributed by atoms with E-state index in [1.165, 1.54) is 13.8 Å². The van der Waals surface area contributed by atoms with Gasteiger partial charge in [-0.1, -0.05) is 6.08 Å². The quantitative estimate of drug-likeness (QED) is 0.446. The molecule has 0 spiro atoms. The molecule has 0 rings (SSSR count). The lowest BCUT2D eigenvalue weighted by Gasteiger charge is -2.17. The van der Waals surface area contributed by atoms with Gasteiger partial charge in [-0.15, -0.1) is 6.58 Å². The number of ketones is 2. The zero-order chi connectivity index (χ0) is 8.36. The molecule has 0 aliphatic carbocycles. The van der Waals surface area contributed by atoms with Crippen molar-refractivity contribution < 1.29 is 9.59 Å². The molecule has 0 atom stereocenters. The van der Waals surface area contributed by atoms with Crippen molar-refractivity contribution in [2.75, 3.05) is 0 Å². The van der Waals surface area contributed by atoms with Crippen molar-refractivity contribution in [3.05, 3.63) is 12.7 Å². The van der Waals surface area contributed by atoms with Crippen LogP contribution in [0.5, 0.6) is 0 Å². The predicted molar refractivity (Wildman–Crippen MR) is 38.5 cm³/mol. The Kier molecular flexibility index (Phi) is 2.48. The Labute approximate surface area is 59.9 Å². The van der Waals surface area contributed by atoms with Crippen LogP contribution in [0.1, 0.15) is 13.8 Å². The predicted octanol–water partition coefficient (Wildman–Crippen LogP) is 0.0479. The molecule has 2 N–H and O–H groups in total. The molecule has 0 aromatic heterocycles. The normalized spacial score (nSPS) is 10.7. The lowest BCUT2D eigenvalue weighted by Crippen LogP contribution is -2.50. The van der Waals surface area contributed by atoms with E-state index < -0.39 is 5.54 Å². The molecule has 0 saturated heterocycles. The molecule has 0 heterocycles. The monoisotopic (exact) mass is 141 g/mol. The van der Waals surface area contributed by atoms with Crippen LogP contribution in [-0.4, -0.2) is 17.1 Å². The van der Waals surface area contributed by atoms with Crippen molar-refractivity contribution in [1.82, 2.24) is 0 Å². The summed E-state index contributed by atoms with van der Waals surface area (Å²) in [5.41, 5.74) is 3.89. The highest BCUT2D eigenvalue weighted by atomic mass is 16.2. The van der Waals surface area contributed by atoms with Gasteiger partial charge >= 0.3 is 0 Å². The summed E-state index contributed by atoms with van der Waals surface area (Å²) >= 11 is 0. The summed E-state index contributed by atoms with van der Waals surface area (Å²) in [7, 11) is 0. The Balaban J connectivity index is 4.72.